The molecule has 8 heteroatoms. The van der Waals surface area contributed by atoms with Crippen LogP contribution in [0.5, 0.6) is 0 Å². The molecule has 24 heavy (non-hydrogen) atoms. The van der Waals surface area contributed by atoms with Gasteiger partial charge in [-0.2, -0.15) is 0 Å². The van der Waals surface area contributed by atoms with Crippen LogP contribution >= 0.6 is 23.7 Å². The first-order chi connectivity index (χ1) is 10.7. The molecule has 0 saturated heterocycles. The Labute approximate surface area is 153 Å². The number of hydrogen-bond donors (Lipinski definition) is 2. The molecular formula is C16H24ClN3O2S2. The molecule has 134 valence electrons. The third-order valence-corrected chi connectivity index (χ3v) is 6.91. The molecule has 0 radical (unpaired) electrons. The second kappa shape index (κ2) is 6.88. The molecule has 1 aliphatic carbocycles. The van der Waals surface area contributed by atoms with E-state index in [-0.39, 0.29) is 28.8 Å². The number of nitrogens with two attached hydrogens (primary N) is 1. The van der Waals surface area contributed by atoms with Crippen LogP contribution in [0.15, 0.2) is 23.1 Å². The van der Waals surface area contributed by atoms with Gasteiger partial charge in [-0.25, -0.2) is 18.1 Å². The molecule has 0 aliphatic heterocycles. The average Bonchev–Trinajstić information content (AvgIpc) is 3.21. The first-order valence-electron chi connectivity index (χ1n) is 7.83. The maximum atomic E-state index is 12.4. The maximum absolute atomic E-state index is 12.4. The van der Waals surface area contributed by atoms with Crippen molar-refractivity contribution in [3.8, 4) is 0 Å². The molecule has 0 amide bonds. The second-order valence-electron chi connectivity index (χ2n) is 7.25. The summed E-state index contributed by atoms with van der Waals surface area (Å²) in [5, 5.41) is 1.01. The molecule has 1 aromatic heterocycles. The van der Waals surface area contributed by atoms with Crippen molar-refractivity contribution in [3.63, 3.8) is 0 Å². The van der Waals surface area contributed by atoms with Gasteiger partial charge in [0.05, 0.1) is 20.1 Å². The summed E-state index contributed by atoms with van der Waals surface area (Å²) in [4.78, 5) is 4.87. The third kappa shape index (κ3) is 4.26. The Morgan fingerprint density at radius 3 is 2.62 bits per heavy atom. The van der Waals surface area contributed by atoms with Crippen LogP contribution in [0.25, 0.3) is 10.2 Å². The van der Waals surface area contributed by atoms with E-state index in [1.54, 1.807) is 29.5 Å². The lowest BCUT2D eigenvalue weighted by Crippen LogP contribution is -2.38. The molecule has 2 aromatic rings. The lowest BCUT2D eigenvalue weighted by atomic mass is 9.98. The molecule has 1 fully saturated rings. The standard InChI is InChI=1S/C16H23N3O2S2.ClH/c1-16(2,3)15-19-13-7-6-11(8-14(13)22-15)23(20,21)18-9-12(17)10-4-5-10;/h6-8,10,12,18H,4-5,9,17H2,1-3H3;1H. The van der Waals surface area contributed by atoms with Crippen molar-refractivity contribution in [3.05, 3.63) is 23.2 Å². The number of aromatic nitrogens is 1. The fraction of sp³-hybridized carbons (Fsp3) is 0.562. The number of nitrogens with zero attached hydrogens (tertiary/aromatic N) is 1. The SMILES string of the molecule is CC(C)(C)c1nc2ccc(S(=O)(=O)NCC(N)C3CC3)cc2s1.Cl. The Bertz CT molecular complexity index is 823. The summed E-state index contributed by atoms with van der Waals surface area (Å²) in [7, 11) is -3.53. The van der Waals surface area contributed by atoms with Gasteiger partial charge in [0.1, 0.15) is 0 Å². The predicted octanol–water partition coefficient (Wildman–Crippen LogP) is 3.03. The quantitative estimate of drug-likeness (QED) is 0.822. The molecule has 5 nitrogen and oxygen atoms in total. The van der Waals surface area contributed by atoms with Crippen molar-refractivity contribution in [2.75, 3.05) is 6.54 Å². The molecule has 1 unspecified atom stereocenters. The molecule has 3 rings (SSSR count). The van der Waals surface area contributed by atoms with Crippen LogP contribution in [0.2, 0.25) is 0 Å². The molecule has 1 aliphatic rings. The summed E-state index contributed by atoms with van der Waals surface area (Å²) >= 11 is 1.55. The van der Waals surface area contributed by atoms with Gasteiger partial charge in [0.2, 0.25) is 10.0 Å². The zero-order valence-corrected chi connectivity index (χ0v) is 16.5. The van der Waals surface area contributed by atoms with Crippen LogP contribution in [0.1, 0.15) is 38.6 Å². The zero-order chi connectivity index (χ0) is 16.8. The molecule has 1 heterocycles. The summed E-state index contributed by atoms with van der Waals surface area (Å²) in [5.74, 6) is 0.469. The second-order valence-corrected chi connectivity index (χ2v) is 10.0. The van der Waals surface area contributed by atoms with E-state index < -0.39 is 10.0 Å². The largest absolute Gasteiger partial charge is 0.326 e. The van der Waals surface area contributed by atoms with Crippen LogP contribution in [0.4, 0.5) is 0 Å². The fourth-order valence-electron chi connectivity index (χ4n) is 2.37. The smallest absolute Gasteiger partial charge is 0.240 e. The minimum Gasteiger partial charge on any atom is -0.326 e. The summed E-state index contributed by atoms with van der Waals surface area (Å²) in [6.45, 7) is 6.59. The highest BCUT2D eigenvalue weighted by atomic mass is 35.5. The van der Waals surface area contributed by atoms with Crippen molar-refractivity contribution in [2.45, 2.75) is 50.0 Å². The molecule has 1 aromatic carbocycles. The molecule has 1 saturated carbocycles. The van der Waals surface area contributed by atoms with Gasteiger partial charge in [-0.3, -0.25) is 0 Å². The number of rotatable bonds is 5. The van der Waals surface area contributed by atoms with Gasteiger partial charge < -0.3 is 5.73 Å². The Balaban J connectivity index is 0.00000208. The number of nitrogens with one attached hydrogen (secondary N) is 1. The Kier molecular flexibility index (Phi) is 5.62. The number of thiazole rings is 1. The Morgan fingerprint density at radius 2 is 2.04 bits per heavy atom. The molecule has 0 bridgehead atoms. The van der Waals surface area contributed by atoms with Gasteiger partial charge >= 0.3 is 0 Å². The number of benzene rings is 1. The summed E-state index contributed by atoms with van der Waals surface area (Å²) in [6.07, 6.45) is 2.20. The predicted molar refractivity (Wildman–Crippen MR) is 101 cm³/mol. The molecule has 3 N–H and O–H groups in total. The summed E-state index contributed by atoms with van der Waals surface area (Å²) in [6, 6.07) is 4.99. The van der Waals surface area contributed by atoms with Gasteiger partial charge in [0.25, 0.3) is 0 Å². The zero-order valence-electron chi connectivity index (χ0n) is 14.1. The van der Waals surface area contributed by atoms with E-state index in [2.05, 4.69) is 30.5 Å². The maximum Gasteiger partial charge on any atom is 0.240 e. The van der Waals surface area contributed by atoms with Crippen LogP contribution in [-0.2, 0) is 15.4 Å². The highest BCUT2D eigenvalue weighted by molar-refractivity contribution is 7.89. The highest BCUT2D eigenvalue weighted by Gasteiger charge is 2.29. The number of halogens is 1. The Hall–Kier alpha value is -0.730. The molecule has 1 atom stereocenters. The highest BCUT2D eigenvalue weighted by Crippen LogP contribution is 2.33. The van der Waals surface area contributed by atoms with Crippen molar-refractivity contribution >= 4 is 44.0 Å². The van der Waals surface area contributed by atoms with Gasteiger partial charge in [-0.05, 0) is 37.0 Å². The van der Waals surface area contributed by atoms with Crippen molar-refractivity contribution in [2.24, 2.45) is 11.7 Å². The first kappa shape index (κ1) is 19.6. The van der Waals surface area contributed by atoms with Gasteiger partial charge in [-0.15, -0.1) is 23.7 Å². The van der Waals surface area contributed by atoms with Crippen LogP contribution in [-0.4, -0.2) is 26.0 Å². The van der Waals surface area contributed by atoms with E-state index in [0.717, 1.165) is 28.1 Å². The van der Waals surface area contributed by atoms with E-state index in [9.17, 15) is 8.42 Å². The minimum atomic E-state index is -3.53. The summed E-state index contributed by atoms with van der Waals surface area (Å²) < 4.78 is 28.4. The number of hydrogen-bond acceptors (Lipinski definition) is 5. The van der Waals surface area contributed by atoms with Crippen LogP contribution in [0.3, 0.4) is 0 Å². The van der Waals surface area contributed by atoms with E-state index >= 15 is 0 Å². The number of sulfonamides is 1. The van der Waals surface area contributed by atoms with Crippen molar-refractivity contribution < 1.29 is 8.42 Å². The van der Waals surface area contributed by atoms with E-state index in [0.29, 0.717) is 12.5 Å². The topological polar surface area (TPSA) is 85.1 Å². The third-order valence-electron chi connectivity index (χ3n) is 4.05. The summed E-state index contributed by atoms with van der Waals surface area (Å²) in [5.41, 5.74) is 6.77. The average molecular weight is 390 g/mol. The van der Waals surface area contributed by atoms with Gasteiger partial charge in [0.15, 0.2) is 0 Å². The van der Waals surface area contributed by atoms with E-state index in [1.165, 1.54) is 0 Å². The van der Waals surface area contributed by atoms with E-state index in [1.807, 2.05) is 0 Å². The fourth-order valence-corrected chi connectivity index (χ4v) is 4.61. The van der Waals surface area contributed by atoms with Gasteiger partial charge in [0, 0.05) is 18.0 Å². The lowest BCUT2D eigenvalue weighted by Gasteiger charge is -2.13. The first-order valence-corrected chi connectivity index (χ1v) is 10.1. The Morgan fingerprint density at radius 1 is 1.38 bits per heavy atom. The molecule has 0 spiro atoms. The minimum absolute atomic E-state index is 0. The normalized spacial score (nSPS) is 16.8. The van der Waals surface area contributed by atoms with Crippen molar-refractivity contribution in [1.82, 2.24) is 9.71 Å². The lowest BCUT2D eigenvalue weighted by molar-refractivity contribution is 0.548. The van der Waals surface area contributed by atoms with Crippen LogP contribution < -0.4 is 10.5 Å². The number of fused-ring (bicyclic) bond motifs is 1. The van der Waals surface area contributed by atoms with Crippen LogP contribution in [0, 0.1) is 5.92 Å². The monoisotopic (exact) mass is 389 g/mol. The van der Waals surface area contributed by atoms with Crippen molar-refractivity contribution in [1.29, 1.82) is 0 Å². The van der Waals surface area contributed by atoms with Gasteiger partial charge in [-0.1, -0.05) is 20.8 Å². The molecular weight excluding hydrogens is 366 g/mol. The van der Waals surface area contributed by atoms with E-state index in [4.69, 9.17) is 5.73 Å².